The van der Waals surface area contributed by atoms with Crippen molar-refractivity contribution in [3.05, 3.63) is 212 Å². The van der Waals surface area contributed by atoms with E-state index >= 15 is 0 Å². The van der Waals surface area contributed by atoms with E-state index in [9.17, 15) is 0 Å². The van der Waals surface area contributed by atoms with Gasteiger partial charge in [0.2, 0.25) is 0 Å². The summed E-state index contributed by atoms with van der Waals surface area (Å²) in [5, 5.41) is 5.01. The number of hydrogen-bond donors (Lipinski definition) is 0. The van der Waals surface area contributed by atoms with Crippen LogP contribution in [0.5, 0.6) is 0 Å². The normalized spacial score (nSPS) is 11.1. The number of hydrogen-bond acceptors (Lipinski definition) is 1. The van der Waals surface area contributed by atoms with Crippen LogP contribution in [0.3, 0.4) is 0 Å². The molecule has 9 aromatic rings. The molecule has 1 heteroatoms. The van der Waals surface area contributed by atoms with Crippen LogP contribution in [0.15, 0.2) is 212 Å². The predicted molar refractivity (Wildman–Crippen MR) is 218 cm³/mol. The highest BCUT2D eigenvalue weighted by Crippen LogP contribution is 2.48. The van der Waals surface area contributed by atoms with Crippen LogP contribution in [-0.4, -0.2) is 0 Å². The maximum absolute atomic E-state index is 2.43. The third kappa shape index (κ3) is 5.75. The van der Waals surface area contributed by atoms with Crippen LogP contribution in [0.1, 0.15) is 0 Å². The zero-order valence-corrected chi connectivity index (χ0v) is 28.2. The third-order valence-electron chi connectivity index (χ3n) is 9.85. The van der Waals surface area contributed by atoms with Crippen LogP contribution in [0.25, 0.3) is 66.1 Å². The molecule has 0 aliphatic heterocycles. The zero-order valence-electron chi connectivity index (χ0n) is 28.2. The Labute approximate surface area is 299 Å². The van der Waals surface area contributed by atoms with Crippen LogP contribution >= 0.6 is 0 Å². The van der Waals surface area contributed by atoms with Crippen molar-refractivity contribution in [2.75, 3.05) is 4.90 Å². The summed E-state index contributed by atoms with van der Waals surface area (Å²) >= 11 is 0. The summed E-state index contributed by atoms with van der Waals surface area (Å²) in [5.74, 6) is 0. The monoisotopic (exact) mass is 649 g/mol. The van der Waals surface area contributed by atoms with Crippen LogP contribution in [-0.2, 0) is 0 Å². The average Bonchev–Trinajstić information content (AvgIpc) is 3.22. The van der Waals surface area contributed by atoms with E-state index in [0.717, 1.165) is 17.1 Å². The minimum absolute atomic E-state index is 1.09. The van der Waals surface area contributed by atoms with Gasteiger partial charge in [0.1, 0.15) is 0 Å². The number of fused-ring (bicyclic) bond motifs is 3. The van der Waals surface area contributed by atoms with E-state index in [0.29, 0.717) is 0 Å². The van der Waals surface area contributed by atoms with Gasteiger partial charge in [-0.05, 0) is 96.9 Å². The molecule has 0 saturated heterocycles. The van der Waals surface area contributed by atoms with Crippen molar-refractivity contribution in [1.82, 2.24) is 0 Å². The first-order valence-electron chi connectivity index (χ1n) is 17.5. The van der Waals surface area contributed by atoms with E-state index in [4.69, 9.17) is 0 Å². The number of anilines is 3. The lowest BCUT2D eigenvalue weighted by Gasteiger charge is -2.30. The van der Waals surface area contributed by atoms with Crippen molar-refractivity contribution in [2.45, 2.75) is 0 Å². The maximum Gasteiger partial charge on any atom is 0.0546 e. The Morgan fingerprint density at radius 1 is 0.275 bits per heavy atom. The lowest BCUT2D eigenvalue weighted by atomic mass is 9.87. The topological polar surface area (TPSA) is 3.24 Å². The second-order valence-electron chi connectivity index (χ2n) is 12.9. The maximum atomic E-state index is 2.43. The lowest BCUT2D eigenvalue weighted by molar-refractivity contribution is 1.28. The minimum Gasteiger partial charge on any atom is -0.310 e. The fourth-order valence-corrected chi connectivity index (χ4v) is 7.45. The quantitative estimate of drug-likeness (QED) is 0.155. The Morgan fingerprint density at radius 3 is 1.51 bits per heavy atom. The minimum atomic E-state index is 1.09. The van der Waals surface area contributed by atoms with Gasteiger partial charge >= 0.3 is 0 Å². The molecule has 51 heavy (non-hydrogen) atoms. The van der Waals surface area contributed by atoms with E-state index in [1.54, 1.807) is 0 Å². The Hall–Kier alpha value is -6.70. The smallest absolute Gasteiger partial charge is 0.0546 e. The molecule has 0 fully saturated rings. The highest BCUT2D eigenvalue weighted by atomic mass is 15.1. The molecule has 0 atom stereocenters. The van der Waals surface area contributed by atoms with Gasteiger partial charge in [0.25, 0.3) is 0 Å². The highest BCUT2D eigenvalue weighted by Gasteiger charge is 2.22. The molecular formula is C50H35N. The lowest BCUT2D eigenvalue weighted by Crippen LogP contribution is -2.12. The van der Waals surface area contributed by atoms with Crippen molar-refractivity contribution in [2.24, 2.45) is 0 Å². The summed E-state index contributed by atoms with van der Waals surface area (Å²) in [6.07, 6.45) is 0. The molecule has 1 nitrogen and oxygen atoms in total. The zero-order chi connectivity index (χ0) is 34.0. The van der Waals surface area contributed by atoms with Crippen molar-refractivity contribution in [3.63, 3.8) is 0 Å². The molecule has 0 unspecified atom stereocenters. The largest absolute Gasteiger partial charge is 0.310 e. The van der Waals surface area contributed by atoms with E-state index in [2.05, 4.69) is 217 Å². The van der Waals surface area contributed by atoms with Gasteiger partial charge in [-0.2, -0.15) is 0 Å². The first-order valence-corrected chi connectivity index (χ1v) is 17.5. The summed E-state index contributed by atoms with van der Waals surface area (Å²) in [5.41, 5.74) is 12.9. The Bertz CT molecular complexity index is 2610. The van der Waals surface area contributed by atoms with E-state index in [1.165, 1.54) is 66.1 Å². The summed E-state index contributed by atoms with van der Waals surface area (Å²) < 4.78 is 0. The van der Waals surface area contributed by atoms with Crippen molar-refractivity contribution in [1.29, 1.82) is 0 Å². The van der Waals surface area contributed by atoms with Crippen LogP contribution in [0, 0.1) is 0 Å². The van der Waals surface area contributed by atoms with Crippen LogP contribution < -0.4 is 4.90 Å². The van der Waals surface area contributed by atoms with Crippen LogP contribution in [0.2, 0.25) is 0 Å². The second kappa shape index (κ2) is 13.3. The Kier molecular flexibility index (Phi) is 7.92. The predicted octanol–water partition coefficient (Wildman–Crippen LogP) is 14.1. The Balaban J connectivity index is 1.32. The van der Waals surface area contributed by atoms with Gasteiger partial charge in [0.05, 0.1) is 5.69 Å². The fraction of sp³-hybridized carbons (Fsp3) is 0. The SMILES string of the molecule is c1ccc(-c2ccc(N(c3cccc(-c4ccccc4)c3)c3cccc(-c4cc5ccccc5c5ccccc45)c3-c3ccccc3)cc2)cc1. The van der Waals surface area contributed by atoms with E-state index in [-0.39, 0.29) is 0 Å². The summed E-state index contributed by atoms with van der Waals surface area (Å²) in [6.45, 7) is 0. The van der Waals surface area contributed by atoms with Crippen molar-refractivity contribution in [3.8, 4) is 44.5 Å². The number of nitrogens with zero attached hydrogens (tertiary/aromatic N) is 1. The molecule has 0 aliphatic rings. The van der Waals surface area contributed by atoms with E-state index in [1.807, 2.05) is 0 Å². The molecule has 0 aromatic heterocycles. The first-order chi connectivity index (χ1) is 25.3. The van der Waals surface area contributed by atoms with Crippen molar-refractivity contribution < 1.29 is 0 Å². The number of rotatable bonds is 7. The Morgan fingerprint density at radius 2 is 0.804 bits per heavy atom. The summed E-state index contributed by atoms with van der Waals surface area (Å²) in [6, 6.07) is 76.7. The average molecular weight is 650 g/mol. The summed E-state index contributed by atoms with van der Waals surface area (Å²) in [7, 11) is 0. The molecule has 0 spiro atoms. The fourth-order valence-electron chi connectivity index (χ4n) is 7.45. The van der Waals surface area contributed by atoms with Gasteiger partial charge in [-0.25, -0.2) is 0 Å². The molecule has 0 amide bonds. The summed E-state index contributed by atoms with van der Waals surface area (Å²) in [4.78, 5) is 2.43. The van der Waals surface area contributed by atoms with Gasteiger partial charge in [0, 0.05) is 16.9 Å². The molecule has 0 N–H and O–H groups in total. The van der Waals surface area contributed by atoms with Gasteiger partial charge in [-0.15, -0.1) is 0 Å². The van der Waals surface area contributed by atoms with E-state index < -0.39 is 0 Å². The van der Waals surface area contributed by atoms with Gasteiger partial charge in [0.15, 0.2) is 0 Å². The first kappa shape index (κ1) is 30.4. The van der Waals surface area contributed by atoms with Gasteiger partial charge in [-0.1, -0.05) is 176 Å². The molecule has 0 saturated carbocycles. The molecule has 0 radical (unpaired) electrons. The molecule has 9 aromatic carbocycles. The van der Waals surface area contributed by atoms with Gasteiger partial charge < -0.3 is 4.90 Å². The number of benzene rings is 9. The van der Waals surface area contributed by atoms with Crippen LogP contribution in [0.4, 0.5) is 17.1 Å². The molecular weight excluding hydrogens is 615 g/mol. The molecule has 240 valence electrons. The highest BCUT2D eigenvalue weighted by molar-refractivity contribution is 6.15. The van der Waals surface area contributed by atoms with Gasteiger partial charge in [-0.3, -0.25) is 0 Å². The van der Waals surface area contributed by atoms with Crippen molar-refractivity contribution >= 4 is 38.6 Å². The molecule has 9 rings (SSSR count). The third-order valence-corrected chi connectivity index (χ3v) is 9.85. The second-order valence-corrected chi connectivity index (χ2v) is 12.9. The molecule has 0 heterocycles. The standard InChI is InChI=1S/C50H35N/c1-4-16-36(17-5-1)38-30-32-42(33-31-38)51(43-24-14-23-40(34-43)37-18-6-2-7-19-37)49-29-15-28-47(50(49)39-20-8-3-9-21-39)48-35-41-22-10-11-25-44(41)45-26-12-13-27-46(45)48/h1-35H. The molecule has 0 bridgehead atoms. The molecule has 0 aliphatic carbocycles.